The Morgan fingerprint density at radius 2 is 1.52 bits per heavy atom. The summed E-state index contributed by atoms with van der Waals surface area (Å²) in [6, 6.07) is -0.801. The third-order valence-electron chi connectivity index (χ3n) is 3.84. The van der Waals surface area contributed by atoms with Gasteiger partial charge in [0.25, 0.3) is 0 Å². The molecular weight excluding hydrogens is 377 g/mol. The van der Waals surface area contributed by atoms with E-state index in [4.69, 9.17) is 5.73 Å². The Bertz CT molecular complexity index is 362. The van der Waals surface area contributed by atoms with Crippen molar-refractivity contribution in [2.75, 3.05) is 0 Å². The minimum atomic E-state index is -1.16. The van der Waals surface area contributed by atoms with Gasteiger partial charge in [-0.3, -0.25) is 0 Å². The molecule has 0 spiro atoms. The molecule has 3 nitrogen and oxygen atoms in total. The van der Waals surface area contributed by atoms with Crippen LogP contribution in [0.3, 0.4) is 0 Å². The number of halogens is 1. The van der Waals surface area contributed by atoms with E-state index in [1.165, 1.54) is 27.8 Å². The number of hydrogen-bond donors (Lipinski definition) is 1. The third-order valence-corrected chi connectivity index (χ3v) is 3.84. The third kappa shape index (κ3) is 8.04. The minimum absolute atomic E-state index is 0.317. The number of hydrogen-bond acceptors (Lipinski definition) is 3. The van der Waals surface area contributed by atoms with Gasteiger partial charge in [0.05, 0.1) is 5.97 Å². The summed E-state index contributed by atoms with van der Waals surface area (Å²) < 4.78 is 0. The standard InChI is InChI=1S/C10H15.C6H13NO2.ClH.Rh/c1-6-7(2)9(4)10(5)8(6)3;1-4(2)3-5(7)6(8)9;;/h1-5H3;4-5H,3,7H2,1-2H3,(H,8,9);1H;/q-1;;;+3/p-2/t;5-;;/m.1../s1. The molecule has 21 heavy (non-hydrogen) atoms. The van der Waals surface area contributed by atoms with E-state index in [9.17, 15) is 9.90 Å². The zero-order chi connectivity index (χ0) is 17.3. The molecule has 124 valence electrons. The Balaban J connectivity index is 0. The van der Waals surface area contributed by atoms with Gasteiger partial charge in [-0.25, -0.2) is 0 Å². The van der Waals surface area contributed by atoms with Crippen molar-refractivity contribution in [2.45, 2.75) is 60.9 Å². The fourth-order valence-corrected chi connectivity index (χ4v) is 2.01. The molecule has 0 saturated carbocycles. The summed E-state index contributed by atoms with van der Waals surface area (Å²) in [5.41, 5.74) is 12.5. The molecule has 5 heteroatoms. The van der Waals surface area contributed by atoms with Crippen molar-refractivity contribution in [1.82, 2.24) is 0 Å². The van der Waals surface area contributed by atoms with Crippen molar-refractivity contribution in [2.24, 2.45) is 11.7 Å². The van der Waals surface area contributed by atoms with Gasteiger partial charge in [0.2, 0.25) is 0 Å². The monoisotopic (exact) mass is 403 g/mol. The molecular formula is C16H27ClNO2Rh. The molecule has 0 unspecified atom stereocenters. The van der Waals surface area contributed by atoms with E-state index in [2.05, 4.69) is 44.3 Å². The van der Waals surface area contributed by atoms with Crippen molar-refractivity contribution in [1.29, 1.82) is 0 Å². The molecule has 0 radical (unpaired) electrons. The summed E-state index contributed by atoms with van der Waals surface area (Å²) in [4.78, 5) is 10.00. The summed E-state index contributed by atoms with van der Waals surface area (Å²) in [7, 11) is 4.53. The quantitative estimate of drug-likeness (QED) is 0.623. The van der Waals surface area contributed by atoms with Gasteiger partial charge in [-0.15, -0.1) is 0 Å². The van der Waals surface area contributed by atoms with Crippen LogP contribution in [0.15, 0.2) is 0 Å². The van der Waals surface area contributed by atoms with E-state index < -0.39 is 12.0 Å². The number of carboxylic acid groups (broad SMARTS) is 1. The second-order valence-corrected chi connectivity index (χ2v) is 5.68. The first kappa shape index (κ1) is 23.0. The molecule has 1 aromatic carbocycles. The number of nitrogens with two attached hydrogens (primary N) is 1. The molecule has 0 heterocycles. The molecule has 1 aromatic rings. The van der Waals surface area contributed by atoms with Crippen LogP contribution in [0.2, 0.25) is 0 Å². The maximum absolute atomic E-state index is 10.00. The van der Waals surface area contributed by atoms with Gasteiger partial charge < -0.3 is 15.6 Å². The van der Waals surface area contributed by atoms with Crippen LogP contribution < -0.4 is 10.8 Å². The first-order valence-corrected chi connectivity index (χ1v) is 8.99. The molecule has 0 aromatic heterocycles. The van der Waals surface area contributed by atoms with Gasteiger partial charge in [-0.2, -0.15) is 27.8 Å². The molecule has 1 rings (SSSR count). The van der Waals surface area contributed by atoms with Crippen molar-refractivity contribution >= 4 is 15.7 Å². The van der Waals surface area contributed by atoms with Crippen LogP contribution in [0.5, 0.6) is 0 Å². The molecule has 1 atom stereocenters. The SMILES string of the molecule is CC(C)C[C@@H](N)C(=O)[O-].Cc1c(C)c(C)[c-](C)c1C.[Cl][Rh+2]. The number of carbonyl (C=O) groups is 1. The first-order chi connectivity index (χ1) is 9.59. The second-order valence-electron chi connectivity index (χ2n) is 5.68. The molecule has 0 amide bonds. The van der Waals surface area contributed by atoms with E-state index in [1.54, 1.807) is 0 Å². The fraction of sp³-hybridized carbons (Fsp3) is 0.625. The Hall–Kier alpha value is -0.307. The van der Waals surface area contributed by atoms with Gasteiger partial charge in [0, 0.05) is 6.04 Å². The van der Waals surface area contributed by atoms with Crippen LogP contribution in [0.4, 0.5) is 0 Å². The van der Waals surface area contributed by atoms with Gasteiger partial charge >= 0.3 is 27.0 Å². The van der Waals surface area contributed by atoms with E-state index >= 15 is 0 Å². The van der Waals surface area contributed by atoms with Crippen molar-refractivity contribution in [3.05, 3.63) is 27.8 Å². The first-order valence-electron chi connectivity index (χ1n) is 6.88. The van der Waals surface area contributed by atoms with Gasteiger partial charge in [-0.1, -0.05) is 48.5 Å². The normalized spacial score (nSPS) is 11.2. The summed E-state index contributed by atoms with van der Waals surface area (Å²) >= 11 is 2.02. The van der Waals surface area contributed by atoms with Gasteiger partial charge in [0.1, 0.15) is 0 Å². The predicted molar refractivity (Wildman–Crippen MR) is 84.0 cm³/mol. The summed E-state index contributed by atoms with van der Waals surface area (Å²) in [5, 5.41) is 10.00. The zero-order valence-corrected chi connectivity index (χ0v) is 16.4. The Kier molecular flexibility index (Phi) is 12.3. The van der Waals surface area contributed by atoms with E-state index in [-0.39, 0.29) is 0 Å². The number of carbonyl (C=O) groups excluding carboxylic acids is 1. The van der Waals surface area contributed by atoms with E-state index in [1.807, 2.05) is 31.2 Å². The van der Waals surface area contributed by atoms with Crippen LogP contribution >= 0.6 is 9.69 Å². The van der Waals surface area contributed by atoms with Crippen LogP contribution in [0.25, 0.3) is 0 Å². The van der Waals surface area contributed by atoms with Crippen molar-refractivity contribution in [3.63, 3.8) is 0 Å². The molecule has 0 bridgehead atoms. The second kappa shape index (κ2) is 11.3. The molecule has 0 aliphatic heterocycles. The van der Waals surface area contributed by atoms with Crippen LogP contribution in [0, 0.1) is 40.5 Å². The average molecular weight is 404 g/mol. The van der Waals surface area contributed by atoms with Gasteiger partial charge in [-0.05, 0) is 12.3 Å². The zero-order valence-electron chi connectivity index (χ0n) is 14.0. The Morgan fingerprint density at radius 3 is 1.62 bits per heavy atom. The average Bonchev–Trinajstić information content (AvgIpc) is 2.59. The maximum atomic E-state index is 10.00. The predicted octanol–water partition coefficient (Wildman–Crippen LogP) is 2.74. The van der Waals surface area contributed by atoms with Crippen molar-refractivity contribution < 1.29 is 27.2 Å². The van der Waals surface area contributed by atoms with Crippen LogP contribution in [-0.4, -0.2) is 12.0 Å². The Morgan fingerprint density at radius 1 is 1.19 bits per heavy atom. The van der Waals surface area contributed by atoms with E-state index in [0.29, 0.717) is 12.3 Å². The topological polar surface area (TPSA) is 66.2 Å². The number of carboxylic acids is 1. The summed E-state index contributed by atoms with van der Waals surface area (Å²) in [6.45, 7) is 14.8. The molecule has 2 N–H and O–H groups in total. The number of aliphatic carboxylic acids is 1. The molecule has 0 saturated heterocycles. The Labute approximate surface area is 143 Å². The summed E-state index contributed by atoms with van der Waals surface area (Å²) in [5.74, 6) is -0.846. The van der Waals surface area contributed by atoms with E-state index in [0.717, 1.165) is 0 Å². The van der Waals surface area contributed by atoms with Crippen LogP contribution in [0.1, 0.15) is 48.1 Å². The summed E-state index contributed by atoms with van der Waals surface area (Å²) in [6.07, 6.45) is 0.488. The van der Waals surface area contributed by atoms with Gasteiger partial charge in [0.15, 0.2) is 0 Å². The fourth-order valence-electron chi connectivity index (χ4n) is 2.01. The number of rotatable bonds is 3. The molecule has 0 fully saturated rings. The van der Waals surface area contributed by atoms with Crippen molar-refractivity contribution in [3.8, 4) is 0 Å². The molecule has 0 aliphatic carbocycles. The molecule has 0 aliphatic rings. The van der Waals surface area contributed by atoms with Crippen LogP contribution in [-0.2, 0) is 22.1 Å².